The lowest BCUT2D eigenvalue weighted by molar-refractivity contribution is -0.120. The summed E-state index contributed by atoms with van der Waals surface area (Å²) in [6.07, 6.45) is 1.71. The molecular formula is C13H18ClNO. The molecule has 0 aliphatic heterocycles. The first-order valence-electron chi connectivity index (χ1n) is 5.65. The summed E-state index contributed by atoms with van der Waals surface area (Å²) in [7, 11) is 0. The Labute approximate surface area is 102 Å². The number of amides is 1. The predicted octanol–water partition coefficient (Wildman–Crippen LogP) is 4.02. The van der Waals surface area contributed by atoms with E-state index < -0.39 is 0 Å². The first kappa shape index (κ1) is 13.0. The molecule has 0 aliphatic carbocycles. The average Bonchev–Trinajstić information content (AvgIpc) is 2.24. The Morgan fingerprint density at radius 3 is 2.50 bits per heavy atom. The van der Waals surface area contributed by atoms with Crippen LogP contribution in [0.2, 0.25) is 5.02 Å². The fourth-order valence-corrected chi connectivity index (χ4v) is 1.90. The first-order valence-corrected chi connectivity index (χ1v) is 6.03. The lowest BCUT2D eigenvalue weighted by Gasteiger charge is -2.13. The summed E-state index contributed by atoms with van der Waals surface area (Å²) in [5, 5.41) is 3.47. The average molecular weight is 240 g/mol. The van der Waals surface area contributed by atoms with Crippen molar-refractivity contribution in [2.75, 3.05) is 5.32 Å². The minimum absolute atomic E-state index is 0.0516. The van der Waals surface area contributed by atoms with Gasteiger partial charge in [-0.05, 0) is 37.5 Å². The number of aryl methyl sites for hydroxylation is 1. The third-order valence-electron chi connectivity index (χ3n) is 2.74. The zero-order valence-electron chi connectivity index (χ0n) is 10.0. The molecule has 0 unspecified atom stereocenters. The molecule has 2 nitrogen and oxygen atoms in total. The highest BCUT2D eigenvalue weighted by molar-refractivity contribution is 6.33. The van der Waals surface area contributed by atoms with Gasteiger partial charge in [0.25, 0.3) is 0 Å². The summed E-state index contributed by atoms with van der Waals surface area (Å²) in [5.41, 5.74) is 1.79. The van der Waals surface area contributed by atoms with E-state index in [1.54, 1.807) is 0 Å². The number of hydrogen-bond acceptors (Lipinski definition) is 1. The summed E-state index contributed by atoms with van der Waals surface area (Å²) in [6, 6.07) is 5.64. The van der Waals surface area contributed by atoms with Crippen LogP contribution in [0.25, 0.3) is 0 Å². The Balaban J connectivity index is 2.76. The Bertz CT molecular complexity index is 372. The van der Waals surface area contributed by atoms with Crippen LogP contribution in [0.5, 0.6) is 0 Å². The van der Waals surface area contributed by atoms with Gasteiger partial charge in [-0.3, -0.25) is 4.79 Å². The van der Waals surface area contributed by atoms with Crippen LogP contribution in [0.15, 0.2) is 18.2 Å². The van der Waals surface area contributed by atoms with Crippen LogP contribution in [0.4, 0.5) is 5.69 Å². The molecule has 0 spiro atoms. The summed E-state index contributed by atoms with van der Waals surface area (Å²) in [6.45, 7) is 6.01. The van der Waals surface area contributed by atoms with Crippen LogP contribution >= 0.6 is 11.6 Å². The van der Waals surface area contributed by atoms with E-state index >= 15 is 0 Å². The monoisotopic (exact) mass is 239 g/mol. The van der Waals surface area contributed by atoms with Crippen LogP contribution in [0.1, 0.15) is 32.3 Å². The third-order valence-corrected chi connectivity index (χ3v) is 3.05. The van der Waals surface area contributed by atoms with Gasteiger partial charge in [0.1, 0.15) is 0 Å². The van der Waals surface area contributed by atoms with Crippen LogP contribution < -0.4 is 5.32 Å². The molecule has 1 rings (SSSR count). The van der Waals surface area contributed by atoms with Crippen molar-refractivity contribution in [1.82, 2.24) is 0 Å². The number of rotatable bonds is 4. The number of anilines is 1. The van der Waals surface area contributed by atoms with E-state index in [0.29, 0.717) is 10.7 Å². The van der Waals surface area contributed by atoms with Gasteiger partial charge >= 0.3 is 0 Å². The van der Waals surface area contributed by atoms with Gasteiger partial charge in [0.15, 0.2) is 0 Å². The van der Waals surface area contributed by atoms with Gasteiger partial charge in [-0.15, -0.1) is 0 Å². The van der Waals surface area contributed by atoms with Crippen LogP contribution in [-0.2, 0) is 4.79 Å². The third kappa shape index (κ3) is 3.24. The topological polar surface area (TPSA) is 29.1 Å². The van der Waals surface area contributed by atoms with Crippen molar-refractivity contribution in [2.45, 2.75) is 33.6 Å². The molecule has 88 valence electrons. The van der Waals surface area contributed by atoms with Gasteiger partial charge in [-0.25, -0.2) is 0 Å². The number of carbonyl (C=O) groups is 1. The quantitative estimate of drug-likeness (QED) is 0.845. The molecule has 1 aromatic rings. The molecule has 0 saturated heterocycles. The molecule has 0 radical (unpaired) electrons. The lowest BCUT2D eigenvalue weighted by Crippen LogP contribution is -2.21. The Kier molecular flexibility index (Phi) is 4.81. The summed E-state index contributed by atoms with van der Waals surface area (Å²) >= 11 is 6.05. The Morgan fingerprint density at radius 1 is 1.38 bits per heavy atom. The second-order valence-corrected chi connectivity index (χ2v) is 4.39. The molecule has 0 saturated carbocycles. The highest BCUT2D eigenvalue weighted by Gasteiger charge is 2.15. The second-order valence-electron chi connectivity index (χ2n) is 3.99. The molecule has 1 N–H and O–H groups in total. The SMILES string of the molecule is CCC(CC)C(=O)Nc1ccc(C)cc1Cl. The summed E-state index contributed by atoms with van der Waals surface area (Å²) in [5.74, 6) is 0.119. The summed E-state index contributed by atoms with van der Waals surface area (Å²) in [4.78, 5) is 11.8. The fourth-order valence-electron chi connectivity index (χ4n) is 1.62. The van der Waals surface area contributed by atoms with Gasteiger partial charge in [0, 0.05) is 5.92 Å². The molecule has 0 aromatic heterocycles. The van der Waals surface area contributed by atoms with E-state index in [-0.39, 0.29) is 11.8 Å². The minimum atomic E-state index is 0.0516. The van der Waals surface area contributed by atoms with Crippen molar-refractivity contribution in [3.8, 4) is 0 Å². The normalized spacial score (nSPS) is 10.6. The molecule has 0 aliphatic rings. The van der Waals surface area contributed by atoms with E-state index in [1.165, 1.54) is 0 Å². The maximum absolute atomic E-state index is 11.8. The van der Waals surface area contributed by atoms with Gasteiger partial charge in [0.05, 0.1) is 10.7 Å². The van der Waals surface area contributed by atoms with Crippen LogP contribution in [-0.4, -0.2) is 5.91 Å². The van der Waals surface area contributed by atoms with E-state index in [1.807, 2.05) is 39.0 Å². The van der Waals surface area contributed by atoms with E-state index in [2.05, 4.69) is 5.32 Å². The molecule has 0 heterocycles. The minimum Gasteiger partial charge on any atom is -0.325 e. The first-order chi connectivity index (χ1) is 7.58. The van der Waals surface area contributed by atoms with Gasteiger partial charge < -0.3 is 5.32 Å². The number of carbonyl (C=O) groups excluding carboxylic acids is 1. The zero-order valence-corrected chi connectivity index (χ0v) is 10.8. The molecule has 0 bridgehead atoms. The number of hydrogen-bond donors (Lipinski definition) is 1. The summed E-state index contributed by atoms with van der Waals surface area (Å²) < 4.78 is 0. The lowest BCUT2D eigenvalue weighted by atomic mass is 10.0. The van der Waals surface area contributed by atoms with Crippen LogP contribution in [0, 0.1) is 12.8 Å². The molecule has 1 aromatic carbocycles. The highest BCUT2D eigenvalue weighted by atomic mass is 35.5. The van der Waals surface area contributed by atoms with Gasteiger partial charge in [-0.1, -0.05) is 31.5 Å². The largest absolute Gasteiger partial charge is 0.325 e. The zero-order chi connectivity index (χ0) is 12.1. The van der Waals surface area contributed by atoms with E-state index in [0.717, 1.165) is 18.4 Å². The molecular weight excluding hydrogens is 222 g/mol. The fraction of sp³-hybridized carbons (Fsp3) is 0.462. The van der Waals surface area contributed by atoms with Crippen molar-refractivity contribution >= 4 is 23.2 Å². The van der Waals surface area contributed by atoms with E-state index in [4.69, 9.17) is 11.6 Å². The molecule has 0 fully saturated rings. The maximum atomic E-state index is 11.8. The second kappa shape index (κ2) is 5.90. The Morgan fingerprint density at radius 2 is 2.00 bits per heavy atom. The van der Waals surface area contributed by atoms with Gasteiger partial charge in [-0.2, -0.15) is 0 Å². The molecule has 3 heteroatoms. The van der Waals surface area contributed by atoms with Crippen molar-refractivity contribution in [2.24, 2.45) is 5.92 Å². The number of benzene rings is 1. The number of nitrogens with one attached hydrogen (secondary N) is 1. The van der Waals surface area contributed by atoms with Crippen molar-refractivity contribution in [1.29, 1.82) is 0 Å². The maximum Gasteiger partial charge on any atom is 0.227 e. The van der Waals surface area contributed by atoms with Gasteiger partial charge in [0.2, 0.25) is 5.91 Å². The van der Waals surface area contributed by atoms with Crippen molar-refractivity contribution < 1.29 is 4.79 Å². The Hall–Kier alpha value is -1.02. The predicted molar refractivity (Wildman–Crippen MR) is 68.9 cm³/mol. The number of halogens is 1. The van der Waals surface area contributed by atoms with Crippen molar-refractivity contribution in [3.05, 3.63) is 28.8 Å². The van der Waals surface area contributed by atoms with E-state index in [9.17, 15) is 4.79 Å². The smallest absolute Gasteiger partial charge is 0.227 e. The molecule has 16 heavy (non-hydrogen) atoms. The molecule has 1 amide bonds. The standard InChI is InChI=1S/C13H18ClNO/c1-4-10(5-2)13(16)15-12-7-6-9(3)8-11(12)14/h6-8,10H,4-5H2,1-3H3,(H,15,16). The van der Waals surface area contributed by atoms with Crippen molar-refractivity contribution in [3.63, 3.8) is 0 Å². The van der Waals surface area contributed by atoms with Crippen LogP contribution in [0.3, 0.4) is 0 Å². The highest BCUT2D eigenvalue weighted by Crippen LogP contribution is 2.23. The molecule has 0 atom stereocenters.